The molecule has 2 aromatic heterocycles. The molecule has 4 rings (SSSR count). The third kappa shape index (κ3) is 3.96. The van der Waals surface area contributed by atoms with E-state index in [4.69, 9.17) is 9.88 Å². The maximum absolute atomic E-state index is 5.38. The van der Waals surface area contributed by atoms with E-state index in [2.05, 4.69) is 14.9 Å². The fourth-order valence-corrected chi connectivity index (χ4v) is 4.03. The van der Waals surface area contributed by atoms with Crippen LogP contribution in [0.2, 0.25) is 0 Å². The molecule has 3 heterocycles. The van der Waals surface area contributed by atoms with Gasteiger partial charge in [-0.15, -0.1) is 22.7 Å². The lowest BCUT2D eigenvalue weighted by molar-refractivity contribution is 0.122. The number of aromatic nitrogens is 2. The minimum Gasteiger partial charge on any atom is -0.378 e. The Balaban J connectivity index is 0.000000131. The van der Waals surface area contributed by atoms with Crippen LogP contribution in [-0.4, -0.2) is 36.3 Å². The van der Waals surface area contributed by atoms with Crippen molar-refractivity contribution in [2.45, 2.75) is 4.34 Å². The van der Waals surface area contributed by atoms with E-state index in [9.17, 15) is 0 Å². The lowest BCUT2D eigenvalue weighted by atomic mass is 10.3. The number of nitrogens with zero attached hydrogens (tertiary/aromatic N) is 3. The summed E-state index contributed by atoms with van der Waals surface area (Å²) in [5, 5.41) is 8.50. The summed E-state index contributed by atoms with van der Waals surface area (Å²) >= 11 is 4.51. The Labute approximate surface area is 141 Å². The Morgan fingerprint density at radius 3 is 2.73 bits per heavy atom. The second-order valence-corrected chi connectivity index (χ2v) is 7.26. The first-order valence-electron chi connectivity index (χ1n) is 6.81. The standard InChI is InChI=1S/C7H10N2OS.C7H6N2S2/c1-6-11-7(8-1)9-2-4-10-5-3-9;8-11-7-9-5-3-1-2-4-6(5)10-7/h1,6H,2-5H2;1-4H,8H2. The summed E-state index contributed by atoms with van der Waals surface area (Å²) in [5.41, 5.74) is 1.03. The molecule has 0 spiro atoms. The number of morpholine rings is 1. The van der Waals surface area contributed by atoms with Gasteiger partial charge in [-0.3, -0.25) is 5.14 Å². The van der Waals surface area contributed by atoms with Crippen molar-refractivity contribution in [2.75, 3.05) is 31.2 Å². The van der Waals surface area contributed by atoms with Crippen molar-refractivity contribution in [3.8, 4) is 0 Å². The minimum absolute atomic E-state index is 0.833. The highest BCUT2D eigenvalue weighted by molar-refractivity contribution is 7.99. The number of nitrogens with two attached hydrogens (primary N) is 1. The lowest BCUT2D eigenvalue weighted by Crippen LogP contribution is -2.36. The van der Waals surface area contributed by atoms with Crippen LogP contribution in [-0.2, 0) is 4.74 Å². The topological polar surface area (TPSA) is 64.3 Å². The zero-order valence-electron chi connectivity index (χ0n) is 11.8. The van der Waals surface area contributed by atoms with Gasteiger partial charge in [0.05, 0.1) is 23.4 Å². The van der Waals surface area contributed by atoms with Crippen molar-refractivity contribution >= 4 is 50.0 Å². The molecule has 0 aliphatic carbocycles. The highest BCUT2D eigenvalue weighted by atomic mass is 32.2. The molecule has 2 N–H and O–H groups in total. The maximum Gasteiger partial charge on any atom is 0.185 e. The number of para-hydroxylation sites is 1. The van der Waals surface area contributed by atoms with Crippen molar-refractivity contribution in [1.29, 1.82) is 0 Å². The van der Waals surface area contributed by atoms with Crippen LogP contribution in [0.1, 0.15) is 0 Å². The number of rotatable bonds is 2. The van der Waals surface area contributed by atoms with Gasteiger partial charge in [0, 0.05) is 24.7 Å². The Hall–Kier alpha value is -1.19. The van der Waals surface area contributed by atoms with Gasteiger partial charge >= 0.3 is 0 Å². The van der Waals surface area contributed by atoms with Crippen molar-refractivity contribution in [3.05, 3.63) is 35.8 Å². The number of hydrogen-bond acceptors (Lipinski definition) is 8. The molecule has 22 heavy (non-hydrogen) atoms. The highest BCUT2D eigenvalue weighted by Crippen LogP contribution is 2.26. The monoisotopic (exact) mass is 352 g/mol. The molecule has 1 aromatic carbocycles. The van der Waals surface area contributed by atoms with Crippen LogP contribution < -0.4 is 10.0 Å². The molecule has 0 radical (unpaired) electrons. The summed E-state index contributed by atoms with van der Waals surface area (Å²) in [4.78, 5) is 10.8. The average molecular weight is 353 g/mol. The van der Waals surface area contributed by atoms with E-state index in [0.29, 0.717) is 0 Å². The average Bonchev–Trinajstić information content (AvgIpc) is 3.25. The van der Waals surface area contributed by atoms with E-state index < -0.39 is 0 Å². The molecule has 3 aromatic rings. The second-order valence-electron chi connectivity index (χ2n) is 4.48. The number of thiazole rings is 2. The molecule has 5 nitrogen and oxygen atoms in total. The molecular weight excluding hydrogens is 336 g/mol. The number of ether oxygens (including phenoxy) is 1. The summed E-state index contributed by atoms with van der Waals surface area (Å²) in [6.45, 7) is 3.63. The normalized spacial score (nSPS) is 14.7. The molecule has 0 unspecified atom stereocenters. The first-order chi connectivity index (χ1) is 10.9. The Morgan fingerprint density at radius 2 is 2.05 bits per heavy atom. The van der Waals surface area contributed by atoms with Gasteiger partial charge in [0.25, 0.3) is 0 Å². The van der Waals surface area contributed by atoms with Crippen molar-refractivity contribution < 1.29 is 4.74 Å². The predicted octanol–water partition coefficient (Wildman–Crippen LogP) is 3.24. The van der Waals surface area contributed by atoms with Crippen molar-refractivity contribution in [2.24, 2.45) is 5.14 Å². The van der Waals surface area contributed by atoms with E-state index >= 15 is 0 Å². The van der Waals surface area contributed by atoms with Crippen molar-refractivity contribution in [1.82, 2.24) is 9.97 Å². The smallest absolute Gasteiger partial charge is 0.185 e. The van der Waals surface area contributed by atoms with E-state index in [0.717, 1.165) is 41.3 Å². The van der Waals surface area contributed by atoms with Crippen LogP contribution in [0.3, 0.4) is 0 Å². The molecule has 0 bridgehead atoms. The van der Waals surface area contributed by atoms with Crippen LogP contribution in [0.15, 0.2) is 40.2 Å². The van der Waals surface area contributed by atoms with Crippen LogP contribution >= 0.6 is 34.6 Å². The molecule has 116 valence electrons. The third-order valence-electron chi connectivity index (χ3n) is 3.08. The van der Waals surface area contributed by atoms with E-state index in [-0.39, 0.29) is 0 Å². The number of hydrogen-bond donors (Lipinski definition) is 1. The largest absolute Gasteiger partial charge is 0.378 e. The van der Waals surface area contributed by atoms with Gasteiger partial charge < -0.3 is 9.64 Å². The summed E-state index contributed by atoms with van der Waals surface area (Å²) in [5.74, 6) is 0. The lowest BCUT2D eigenvalue weighted by Gasteiger charge is -2.25. The first kappa shape index (κ1) is 15.7. The quantitative estimate of drug-likeness (QED) is 0.714. The van der Waals surface area contributed by atoms with Gasteiger partial charge in [-0.25, -0.2) is 9.97 Å². The molecule has 1 aliphatic rings. The van der Waals surface area contributed by atoms with E-state index in [1.165, 1.54) is 16.6 Å². The van der Waals surface area contributed by atoms with Crippen LogP contribution in [0, 0.1) is 0 Å². The van der Waals surface area contributed by atoms with Gasteiger partial charge in [0.1, 0.15) is 0 Å². The Bertz CT molecular complexity index is 662. The summed E-state index contributed by atoms with van der Waals surface area (Å²) in [6, 6.07) is 8.02. The van der Waals surface area contributed by atoms with Crippen LogP contribution in [0.4, 0.5) is 5.13 Å². The SMILES string of the molecule is NSc1nc2ccccc2s1.c1csc(N2CCOCC2)n1. The van der Waals surface area contributed by atoms with Crippen molar-refractivity contribution in [3.63, 3.8) is 0 Å². The third-order valence-corrected chi connectivity index (χ3v) is 5.57. The first-order valence-corrected chi connectivity index (χ1v) is 9.39. The summed E-state index contributed by atoms with van der Waals surface area (Å²) < 4.78 is 7.35. The van der Waals surface area contributed by atoms with Gasteiger partial charge in [0.15, 0.2) is 9.47 Å². The molecule has 1 saturated heterocycles. The van der Waals surface area contributed by atoms with E-state index in [1.54, 1.807) is 22.7 Å². The Kier molecular flexibility index (Phi) is 5.63. The molecule has 0 atom stereocenters. The molecule has 8 heteroatoms. The highest BCUT2D eigenvalue weighted by Gasteiger charge is 2.12. The van der Waals surface area contributed by atoms with Gasteiger partial charge in [-0.2, -0.15) is 0 Å². The summed E-state index contributed by atoms with van der Waals surface area (Å²) in [6.07, 6.45) is 1.84. The minimum atomic E-state index is 0.833. The zero-order chi connectivity index (χ0) is 15.2. The van der Waals surface area contributed by atoms with Crippen LogP contribution in [0.5, 0.6) is 0 Å². The molecule has 0 amide bonds. The maximum atomic E-state index is 5.38. The number of fused-ring (bicyclic) bond motifs is 1. The number of anilines is 1. The predicted molar refractivity (Wildman–Crippen MR) is 94.8 cm³/mol. The summed E-state index contributed by atoms with van der Waals surface area (Å²) in [7, 11) is 0. The van der Waals surface area contributed by atoms with Gasteiger partial charge in [0.2, 0.25) is 0 Å². The fraction of sp³-hybridized carbons (Fsp3) is 0.286. The fourth-order valence-electron chi connectivity index (χ4n) is 2.03. The molecule has 1 aliphatic heterocycles. The van der Waals surface area contributed by atoms with Crippen LogP contribution in [0.25, 0.3) is 10.2 Å². The second kappa shape index (κ2) is 7.89. The number of benzene rings is 1. The molecule has 1 fully saturated rings. The van der Waals surface area contributed by atoms with Gasteiger partial charge in [-0.1, -0.05) is 12.1 Å². The Morgan fingerprint density at radius 1 is 1.23 bits per heavy atom. The molecule has 0 saturated carbocycles. The zero-order valence-corrected chi connectivity index (χ0v) is 14.3. The van der Waals surface area contributed by atoms with E-state index in [1.807, 2.05) is 35.8 Å². The van der Waals surface area contributed by atoms with Gasteiger partial charge in [-0.05, 0) is 24.1 Å². The molecular formula is C14H16N4OS3.